The second-order valence-electron chi connectivity index (χ2n) is 3.35. The van der Waals surface area contributed by atoms with E-state index in [-0.39, 0.29) is 19.2 Å². The molecule has 1 heterocycles. The Morgan fingerprint density at radius 3 is 2.31 bits per heavy atom. The first kappa shape index (κ1) is 14.8. The van der Waals surface area contributed by atoms with Crippen LogP contribution in [0.25, 0.3) is 0 Å². The fourth-order valence-corrected chi connectivity index (χ4v) is 0.810. The van der Waals surface area contributed by atoms with Crippen molar-refractivity contribution < 1.29 is 14.9 Å². The minimum Gasteiger partial charge on any atom is -0.452 e. The summed E-state index contributed by atoms with van der Waals surface area (Å²) >= 11 is 0. The summed E-state index contributed by atoms with van der Waals surface area (Å²) in [6, 6.07) is 1.90. The lowest BCUT2D eigenvalue weighted by atomic mass is 10.1. The number of aliphatic hydroxyl groups excluding tert-OH is 2. The van der Waals surface area contributed by atoms with Gasteiger partial charge in [-0.05, 0) is 19.9 Å². The second-order valence-corrected chi connectivity index (χ2v) is 3.35. The summed E-state index contributed by atoms with van der Waals surface area (Å²) in [7, 11) is 0. The van der Waals surface area contributed by atoms with Gasteiger partial charge in [-0.1, -0.05) is 13.8 Å². The zero-order valence-electron chi connectivity index (χ0n) is 10.3. The molecule has 1 aromatic heterocycles. The van der Waals surface area contributed by atoms with Gasteiger partial charge in [-0.25, -0.2) is 9.97 Å². The van der Waals surface area contributed by atoms with Crippen molar-refractivity contribution in [3.8, 4) is 6.01 Å². The number of aromatic nitrogens is 2. The van der Waals surface area contributed by atoms with Crippen LogP contribution >= 0.6 is 0 Å². The Kier molecular flexibility index (Phi) is 6.60. The van der Waals surface area contributed by atoms with Gasteiger partial charge in [0.1, 0.15) is 0 Å². The van der Waals surface area contributed by atoms with Gasteiger partial charge >= 0.3 is 6.01 Å². The van der Waals surface area contributed by atoms with Crippen LogP contribution < -0.4 is 4.74 Å². The normalized spacial score (nSPS) is 10.4. The summed E-state index contributed by atoms with van der Waals surface area (Å²) in [5.74, 6) is 0. The van der Waals surface area contributed by atoms with Crippen molar-refractivity contribution in [1.29, 1.82) is 0 Å². The first-order valence-electron chi connectivity index (χ1n) is 5.30. The molecule has 92 valence electrons. The van der Waals surface area contributed by atoms with Gasteiger partial charge in [0, 0.05) is 11.9 Å². The van der Waals surface area contributed by atoms with Crippen LogP contribution in [0, 0.1) is 6.92 Å². The molecule has 0 bridgehead atoms. The third-order valence-electron chi connectivity index (χ3n) is 1.78. The maximum absolute atomic E-state index is 8.98. The fraction of sp³-hybridized carbons (Fsp3) is 0.636. The Morgan fingerprint density at radius 2 is 1.88 bits per heavy atom. The van der Waals surface area contributed by atoms with Gasteiger partial charge in [0.2, 0.25) is 0 Å². The third kappa shape index (κ3) is 4.55. The molecule has 2 N–H and O–H groups in total. The molecule has 0 aliphatic heterocycles. The van der Waals surface area contributed by atoms with Crippen molar-refractivity contribution in [3.05, 3.63) is 18.0 Å². The minimum atomic E-state index is -1.03. The molecule has 1 rings (SSSR count). The maximum atomic E-state index is 8.98. The standard InChI is InChI=1S/C9H14N2O3.C2H6/c1-7-3-4-10-8(11-7)14-9(2,5-12)6-13;1-2/h3-4,12-13H,5-6H2,1-2H3;1-2H3. The van der Waals surface area contributed by atoms with Crippen LogP contribution in [0.1, 0.15) is 26.5 Å². The molecular weight excluding hydrogens is 208 g/mol. The van der Waals surface area contributed by atoms with Gasteiger partial charge in [-0.15, -0.1) is 0 Å². The van der Waals surface area contributed by atoms with E-state index in [1.54, 1.807) is 19.2 Å². The molecular formula is C11H20N2O3. The van der Waals surface area contributed by atoms with Gasteiger partial charge in [-0.2, -0.15) is 0 Å². The molecule has 0 aliphatic rings. The van der Waals surface area contributed by atoms with E-state index in [4.69, 9.17) is 14.9 Å². The van der Waals surface area contributed by atoms with Crippen LogP contribution in [0.4, 0.5) is 0 Å². The number of ether oxygens (including phenoxy) is 1. The summed E-state index contributed by atoms with van der Waals surface area (Å²) in [6.07, 6.45) is 1.56. The molecule has 0 fully saturated rings. The van der Waals surface area contributed by atoms with Gasteiger partial charge in [0.15, 0.2) is 5.60 Å². The Hall–Kier alpha value is -1.20. The number of aryl methyl sites for hydroxylation is 1. The summed E-state index contributed by atoms with van der Waals surface area (Å²) < 4.78 is 5.26. The van der Waals surface area contributed by atoms with Gasteiger partial charge in [0.25, 0.3) is 0 Å². The van der Waals surface area contributed by atoms with Gasteiger partial charge in [0.05, 0.1) is 13.2 Å². The van der Waals surface area contributed by atoms with Crippen molar-refractivity contribution in [3.63, 3.8) is 0 Å². The summed E-state index contributed by atoms with van der Waals surface area (Å²) in [4.78, 5) is 7.86. The van der Waals surface area contributed by atoms with Crippen LogP contribution in [0.15, 0.2) is 12.3 Å². The van der Waals surface area contributed by atoms with Crippen LogP contribution in [0.3, 0.4) is 0 Å². The van der Waals surface area contributed by atoms with Crippen molar-refractivity contribution >= 4 is 0 Å². The van der Waals surface area contributed by atoms with Crippen LogP contribution in [0.2, 0.25) is 0 Å². The first-order chi connectivity index (χ1) is 7.59. The van der Waals surface area contributed by atoms with E-state index in [0.717, 1.165) is 5.69 Å². The summed E-state index contributed by atoms with van der Waals surface area (Å²) in [5.41, 5.74) is -0.262. The van der Waals surface area contributed by atoms with E-state index in [9.17, 15) is 0 Å². The average Bonchev–Trinajstić information content (AvgIpc) is 2.31. The van der Waals surface area contributed by atoms with E-state index in [1.165, 1.54) is 0 Å². The highest BCUT2D eigenvalue weighted by Gasteiger charge is 2.25. The zero-order valence-corrected chi connectivity index (χ0v) is 10.3. The first-order valence-corrected chi connectivity index (χ1v) is 5.30. The largest absolute Gasteiger partial charge is 0.452 e. The molecule has 0 saturated carbocycles. The smallest absolute Gasteiger partial charge is 0.317 e. The third-order valence-corrected chi connectivity index (χ3v) is 1.78. The van der Waals surface area contributed by atoms with Crippen LogP contribution in [-0.4, -0.2) is 39.0 Å². The number of nitrogens with zero attached hydrogens (tertiary/aromatic N) is 2. The molecule has 16 heavy (non-hydrogen) atoms. The van der Waals surface area contributed by atoms with Crippen LogP contribution in [-0.2, 0) is 0 Å². The van der Waals surface area contributed by atoms with Crippen molar-refractivity contribution in [2.45, 2.75) is 33.3 Å². The molecule has 0 saturated heterocycles. The monoisotopic (exact) mass is 228 g/mol. The predicted octanol–water partition coefficient (Wildman–Crippen LogP) is 0.933. The Bertz CT molecular complexity index is 301. The molecule has 0 spiro atoms. The SMILES string of the molecule is CC.Cc1ccnc(OC(C)(CO)CO)n1. The highest BCUT2D eigenvalue weighted by molar-refractivity contribution is 5.04. The maximum Gasteiger partial charge on any atom is 0.317 e. The van der Waals surface area contributed by atoms with E-state index < -0.39 is 5.60 Å². The highest BCUT2D eigenvalue weighted by Crippen LogP contribution is 2.12. The molecule has 0 aromatic carbocycles. The predicted molar refractivity (Wildman–Crippen MR) is 61.3 cm³/mol. The van der Waals surface area contributed by atoms with E-state index in [1.807, 2.05) is 20.8 Å². The molecule has 0 aliphatic carbocycles. The molecule has 0 radical (unpaired) electrons. The Balaban J connectivity index is 0.00000106. The Labute approximate surface area is 96.1 Å². The number of hydrogen-bond acceptors (Lipinski definition) is 5. The van der Waals surface area contributed by atoms with E-state index in [2.05, 4.69) is 9.97 Å². The lowest BCUT2D eigenvalue weighted by molar-refractivity contribution is -0.0256. The average molecular weight is 228 g/mol. The summed E-state index contributed by atoms with van der Waals surface area (Å²) in [5, 5.41) is 18.0. The van der Waals surface area contributed by atoms with Crippen molar-refractivity contribution in [2.75, 3.05) is 13.2 Å². The fourth-order valence-electron chi connectivity index (χ4n) is 0.810. The minimum absolute atomic E-state index is 0.163. The molecule has 0 atom stereocenters. The van der Waals surface area contributed by atoms with Gasteiger partial charge in [-0.3, -0.25) is 0 Å². The number of rotatable bonds is 4. The number of aliphatic hydroxyl groups is 2. The highest BCUT2D eigenvalue weighted by atomic mass is 16.5. The summed E-state index contributed by atoms with van der Waals surface area (Å²) in [6.45, 7) is 6.81. The number of hydrogen-bond donors (Lipinski definition) is 2. The quantitative estimate of drug-likeness (QED) is 0.802. The molecule has 0 amide bonds. The zero-order chi connectivity index (χ0) is 12.6. The lowest BCUT2D eigenvalue weighted by Crippen LogP contribution is -2.41. The van der Waals surface area contributed by atoms with Gasteiger partial charge < -0.3 is 14.9 Å². The van der Waals surface area contributed by atoms with Crippen molar-refractivity contribution in [2.24, 2.45) is 0 Å². The lowest BCUT2D eigenvalue weighted by Gasteiger charge is -2.24. The van der Waals surface area contributed by atoms with Crippen LogP contribution in [0.5, 0.6) is 6.01 Å². The molecule has 5 heteroatoms. The Morgan fingerprint density at radius 1 is 1.31 bits per heavy atom. The van der Waals surface area contributed by atoms with E-state index in [0.29, 0.717) is 0 Å². The molecule has 0 unspecified atom stereocenters. The van der Waals surface area contributed by atoms with Crippen molar-refractivity contribution in [1.82, 2.24) is 9.97 Å². The topological polar surface area (TPSA) is 75.5 Å². The van der Waals surface area contributed by atoms with E-state index >= 15 is 0 Å². The molecule has 1 aromatic rings. The molecule has 5 nitrogen and oxygen atoms in total. The second kappa shape index (κ2) is 7.14.